The first kappa shape index (κ1) is 13.8. The highest BCUT2D eigenvalue weighted by atomic mass is 16.5. The summed E-state index contributed by atoms with van der Waals surface area (Å²) < 4.78 is 10.6. The molecule has 23 heavy (non-hydrogen) atoms. The average Bonchev–Trinajstić information content (AvgIpc) is 3.27. The Morgan fingerprint density at radius 1 is 1.22 bits per heavy atom. The van der Waals surface area contributed by atoms with Gasteiger partial charge < -0.3 is 14.5 Å². The molecule has 0 saturated carbocycles. The monoisotopic (exact) mass is 310 g/mol. The number of rotatable bonds is 3. The van der Waals surface area contributed by atoms with Gasteiger partial charge in [0.2, 0.25) is 0 Å². The Bertz CT molecular complexity index is 842. The summed E-state index contributed by atoms with van der Waals surface area (Å²) in [6, 6.07) is 3.71. The number of nitrogens with zero attached hydrogens (tertiary/aromatic N) is 3. The molecular formula is C16H14N4O3. The van der Waals surface area contributed by atoms with Crippen LogP contribution in [0.3, 0.4) is 0 Å². The van der Waals surface area contributed by atoms with Crippen molar-refractivity contribution in [2.75, 3.05) is 11.9 Å². The Hall–Kier alpha value is -2.80. The molecule has 1 N–H and O–H groups in total. The molecule has 0 aliphatic carbocycles. The molecule has 1 amide bonds. The fourth-order valence-electron chi connectivity index (χ4n) is 2.58. The fourth-order valence-corrected chi connectivity index (χ4v) is 2.58. The second-order valence-electron chi connectivity index (χ2n) is 5.34. The number of aromatic nitrogens is 3. The third-order valence-electron chi connectivity index (χ3n) is 3.76. The van der Waals surface area contributed by atoms with E-state index in [9.17, 15) is 4.79 Å². The molecule has 3 aromatic rings. The number of amides is 1. The quantitative estimate of drug-likeness (QED) is 0.799. The summed E-state index contributed by atoms with van der Waals surface area (Å²) in [7, 11) is 0. The average molecular weight is 310 g/mol. The van der Waals surface area contributed by atoms with Gasteiger partial charge in [0.15, 0.2) is 12.2 Å². The summed E-state index contributed by atoms with van der Waals surface area (Å²) in [6.07, 6.45) is 7.61. The maximum atomic E-state index is 12.1. The molecular weight excluding hydrogens is 296 g/mol. The van der Waals surface area contributed by atoms with Gasteiger partial charge >= 0.3 is 0 Å². The zero-order valence-corrected chi connectivity index (χ0v) is 12.2. The van der Waals surface area contributed by atoms with Crippen LogP contribution < -0.4 is 5.32 Å². The highest BCUT2D eigenvalue weighted by molar-refractivity contribution is 5.95. The van der Waals surface area contributed by atoms with E-state index >= 15 is 0 Å². The van der Waals surface area contributed by atoms with Crippen LogP contribution in [0.4, 0.5) is 5.82 Å². The number of carbonyl (C=O) groups is 1. The van der Waals surface area contributed by atoms with Crippen LogP contribution in [0.25, 0.3) is 22.2 Å². The molecule has 7 heteroatoms. The van der Waals surface area contributed by atoms with Gasteiger partial charge in [-0.3, -0.25) is 9.78 Å². The molecule has 0 radical (unpaired) electrons. The zero-order chi connectivity index (χ0) is 15.6. The number of ether oxygens (including phenoxy) is 1. The minimum Gasteiger partial charge on any atom is -0.443 e. The lowest BCUT2D eigenvalue weighted by atomic mass is 10.1. The van der Waals surface area contributed by atoms with Crippen molar-refractivity contribution in [2.45, 2.75) is 18.9 Å². The van der Waals surface area contributed by atoms with Crippen LogP contribution in [0.5, 0.6) is 0 Å². The number of oxazole rings is 1. The van der Waals surface area contributed by atoms with E-state index in [4.69, 9.17) is 9.15 Å². The van der Waals surface area contributed by atoms with Gasteiger partial charge in [-0.15, -0.1) is 0 Å². The van der Waals surface area contributed by atoms with Crippen LogP contribution in [0, 0.1) is 0 Å². The predicted octanol–water partition coefficient (Wildman–Crippen LogP) is 2.40. The first-order chi connectivity index (χ1) is 11.3. The Morgan fingerprint density at radius 2 is 2.17 bits per heavy atom. The van der Waals surface area contributed by atoms with Crippen LogP contribution in [-0.2, 0) is 9.53 Å². The predicted molar refractivity (Wildman–Crippen MR) is 82.6 cm³/mol. The summed E-state index contributed by atoms with van der Waals surface area (Å²) in [5, 5.41) is 3.65. The third-order valence-corrected chi connectivity index (χ3v) is 3.76. The molecule has 4 rings (SSSR count). The molecule has 0 spiro atoms. The van der Waals surface area contributed by atoms with E-state index in [0.717, 1.165) is 29.3 Å². The maximum absolute atomic E-state index is 12.1. The Balaban J connectivity index is 1.62. The van der Waals surface area contributed by atoms with Crippen molar-refractivity contribution in [3.63, 3.8) is 0 Å². The van der Waals surface area contributed by atoms with E-state index in [1.807, 2.05) is 6.07 Å². The van der Waals surface area contributed by atoms with Crippen LogP contribution in [0.1, 0.15) is 12.8 Å². The number of hydrogen-bond donors (Lipinski definition) is 1. The molecule has 3 aromatic heterocycles. The summed E-state index contributed by atoms with van der Waals surface area (Å²) in [6.45, 7) is 0.633. The van der Waals surface area contributed by atoms with Crippen LogP contribution >= 0.6 is 0 Å². The number of anilines is 1. The van der Waals surface area contributed by atoms with E-state index in [1.165, 1.54) is 6.39 Å². The molecule has 1 saturated heterocycles. The van der Waals surface area contributed by atoms with Gasteiger partial charge in [-0.05, 0) is 25.0 Å². The Labute approximate surface area is 131 Å². The highest BCUT2D eigenvalue weighted by Gasteiger charge is 2.23. The van der Waals surface area contributed by atoms with Crippen molar-refractivity contribution in [1.82, 2.24) is 15.0 Å². The maximum Gasteiger partial charge on any atom is 0.254 e. The molecule has 0 aromatic carbocycles. The van der Waals surface area contributed by atoms with Crippen molar-refractivity contribution >= 4 is 22.6 Å². The summed E-state index contributed by atoms with van der Waals surface area (Å²) in [5.74, 6) is 0.962. The standard InChI is InChI=1S/C16H14N4O3/c21-16(13-2-1-3-22-13)20-15-5-10-4-11(14-8-17-9-23-14)6-18-12(10)7-19-15/h4-9,13H,1-3H2,(H,19,20,21)/t13-/m1/s1. The normalized spacial score (nSPS) is 17.5. The molecule has 1 atom stereocenters. The second kappa shape index (κ2) is 5.77. The molecule has 1 fully saturated rings. The fraction of sp³-hybridized carbons (Fsp3) is 0.250. The molecule has 4 heterocycles. The first-order valence-corrected chi connectivity index (χ1v) is 7.37. The van der Waals surface area contributed by atoms with Crippen LogP contribution in [0.2, 0.25) is 0 Å². The smallest absolute Gasteiger partial charge is 0.254 e. The Morgan fingerprint density at radius 3 is 2.96 bits per heavy atom. The molecule has 0 bridgehead atoms. The van der Waals surface area contributed by atoms with Crippen molar-refractivity contribution in [2.24, 2.45) is 0 Å². The number of nitrogens with one attached hydrogen (secondary N) is 1. The number of pyridine rings is 2. The molecule has 1 aliphatic rings. The summed E-state index contributed by atoms with van der Waals surface area (Å²) in [4.78, 5) is 24.6. The SMILES string of the molecule is O=C(Nc1cc2cc(-c3cnco3)cnc2cn1)[C@H]1CCCO1. The van der Waals surface area contributed by atoms with Crippen molar-refractivity contribution in [3.8, 4) is 11.3 Å². The van der Waals surface area contributed by atoms with Crippen LogP contribution in [-0.4, -0.2) is 33.6 Å². The highest BCUT2D eigenvalue weighted by Crippen LogP contribution is 2.23. The van der Waals surface area contributed by atoms with Gasteiger partial charge in [0, 0.05) is 23.8 Å². The van der Waals surface area contributed by atoms with Gasteiger partial charge in [0.05, 0.1) is 17.9 Å². The van der Waals surface area contributed by atoms with Crippen molar-refractivity contribution in [3.05, 3.63) is 37.1 Å². The second-order valence-corrected chi connectivity index (χ2v) is 5.34. The number of fused-ring (bicyclic) bond motifs is 1. The summed E-state index contributed by atoms with van der Waals surface area (Å²) in [5.41, 5.74) is 1.56. The lowest BCUT2D eigenvalue weighted by molar-refractivity contribution is -0.124. The van der Waals surface area contributed by atoms with Crippen molar-refractivity contribution in [1.29, 1.82) is 0 Å². The lowest BCUT2D eigenvalue weighted by Gasteiger charge is -2.10. The van der Waals surface area contributed by atoms with Crippen LogP contribution in [0.15, 0.2) is 41.5 Å². The molecule has 116 valence electrons. The van der Waals surface area contributed by atoms with E-state index in [0.29, 0.717) is 18.2 Å². The number of hydrogen-bond acceptors (Lipinski definition) is 6. The van der Waals surface area contributed by atoms with Gasteiger partial charge in [0.1, 0.15) is 11.9 Å². The van der Waals surface area contributed by atoms with E-state index in [2.05, 4.69) is 20.3 Å². The molecule has 1 aliphatic heterocycles. The first-order valence-electron chi connectivity index (χ1n) is 7.37. The molecule has 0 unspecified atom stereocenters. The minimum atomic E-state index is -0.383. The third kappa shape index (κ3) is 2.78. The van der Waals surface area contributed by atoms with E-state index in [1.54, 1.807) is 24.7 Å². The Kier molecular flexibility index (Phi) is 3.47. The lowest BCUT2D eigenvalue weighted by Crippen LogP contribution is -2.27. The topological polar surface area (TPSA) is 90.1 Å². The van der Waals surface area contributed by atoms with Gasteiger partial charge in [-0.25, -0.2) is 9.97 Å². The van der Waals surface area contributed by atoms with Gasteiger partial charge in [0.25, 0.3) is 5.91 Å². The number of carbonyl (C=O) groups excluding carboxylic acids is 1. The minimum absolute atomic E-state index is 0.159. The van der Waals surface area contributed by atoms with E-state index in [-0.39, 0.29) is 12.0 Å². The molecule has 7 nitrogen and oxygen atoms in total. The van der Waals surface area contributed by atoms with E-state index < -0.39 is 0 Å². The largest absolute Gasteiger partial charge is 0.443 e. The summed E-state index contributed by atoms with van der Waals surface area (Å²) >= 11 is 0. The van der Waals surface area contributed by atoms with Crippen molar-refractivity contribution < 1.29 is 13.9 Å². The van der Waals surface area contributed by atoms with Gasteiger partial charge in [-0.2, -0.15) is 0 Å². The zero-order valence-electron chi connectivity index (χ0n) is 12.2. The van der Waals surface area contributed by atoms with Gasteiger partial charge in [-0.1, -0.05) is 0 Å².